The summed E-state index contributed by atoms with van der Waals surface area (Å²) in [6.07, 6.45) is 10.3. The van der Waals surface area contributed by atoms with Crippen LogP contribution in [0.25, 0.3) is 11.2 Å². The average molecular weight is 507 g/mol. The first-order chi connectivity index (χ1) is 18.6. The van der Waals surface area contributed by atoms with E-state index in [1.807, 2.05) is 59.1 Å². The summed E-state index contributed by atoms with van der Waals surface area (Å²) in [7, 11) is 0. The third-order valence-corrected chi connectivity index (χ3v) is 7.80. The predicted octanol–water partition coefficient (Wildman–Crippen LogP) is 4.51. The number of amides is 1. The molecule has 1 aliphatic carbocycles. The van der Waals surface area contributed by atoms with Gasteiger partial charge in [0, 0.05) is 36.7 Å². The van der Waals surface area contributed by atoms with Gasteiger partial charge in [-0.15, -0.1) is 0 Å². The Labute approximate surface area is 218 Å². The van der Waals surface area contributed by atoms with Gasteiger partial charge in [0.1, 0.15) is 29.7 Å². The summed E-state index contributed by atoms with van der Waals surface area (Å²) in [6, 6.07) is 12.1. The van der Waals surface area contributed by atoms with E-state index < -0.39 is 0 Å². The molecule has 1 saturated heterocycles. The van der Waals surface area contributed by atoms with Gasteiger partial charge in [0.15, 0.2) is 11.5 Å². The Morgan fingerprint density at radius 3 is 2.74 bits per heavy atom. The quantitative estimate of drug-likeness (QED) is 0.338. The van der Waals surface area contributed by atoms with E-state index in [0.29, 0.717) is 17.6 Å². The van der Waals surface area contributed by atoms with Gasteiger partial charge in [-0.2, -0.15) is 10.2 Å². The first kappa shape index (κ1) is 22.5. The molecule has 2 bridgehead atoms. The molecule has 1 saturated carbocycles. The number of rotatable bonds is 6. The number of carbonyl (C=O) groups excluding carboxylic acids is 1. The molecule has 1 aromatic carbocycles. The number of hydrogen-bond donors (Lipinski definition) is 1. The lowest BCUT2D eigenvalue weighted by Crippen LogP contribution is -2.38. The van der Waals surface area contributed by atoms with Crippen LogP contribution in [0.3, 0.4) is 0 Å². The number of fused-ring (bicyclic) bond motifs is 4. The molecule has 1 amide bonds. The summed E-state index contributed by atoms with van der Waals surface area (Å²) >= 11 is 0. The average Bonchev–Trinajstić information content (AvgIpc) is 3.72. The van der Waals surface area contributed by atoms with Gasteiger partial charge in [-0.05, 0) is 79.1 Å². The summed E-state index contributed by atoms with van der Waals surface area (Å²) in [5.74, 6) is 3.04. The molecule has 5 aromatic rings. The van der Waals surface area contributed by atoms with Crippen molar-refractivity contribution in [2.45, 2.75) is 31.7 Å². The number of hydrogen-bond acceptors (Lipinski definition) is 7. The topological polar surface area (TPSA) is 102 Å². The largest absolute Gasteiger partial charge is 0.457 e. The third-order valence-electron chi connectivity index (χ3n) is 7.80. The SMILES string of the molecule is C=CC(=O)N1C[C@H]2C[C@@H]1C[C@H]2c1ccn2ncnc(Nc3ccc(Oc4ccn5ncnc5c4)c(C)c3)c12. The number of carbonyl (C=O) groups is 1. The van der Waals surface area contributed by atoms with Crippen molar-refractivity contribution in [3.05, 3.63) is 85.2 Å². The van der Waals surface area contributed by atoms with E-state index >= 15 is 0 Å². The maximum atomic E-state index is 12.2. The maximum absolute atomic E-state index is 12.2. The zero-order chi connectivity index (χ0) is 25.8. The van der Waals surface area contributed by atoms with E-state index in [-0.39, 0.29) is 11.9 Å². The highest BCUT2D eigenvalue weighted by Gasteiger charge is 2.47. The van der Waals surface area contributed by atoms with Gasteiger partial charge in [0.25, 0.3) is 0 Å². The number of pyridine rings is 1. The second-order valence-corrected chi connectivity index (χ2v) is 9.99. The van der Waals surface area contributed by atoms with Crippen LogP contribution in [0.5, 0.6) is 11.5 Å². The van der Waals surface area contributed by atoms with Crippen LogP contribution >= 0.6 is 0 Å². The van der Waals surface area contributed by atoms with Crippen LogP contribution in [-0.2, 0) is 4.79 Å². The van der Waals surface area contributed by atoms with Crippen LogP contribution in [0.15, 0.2) is 74.1 Å². The van der Waals surface area contributed by atoms with Gasteiger partial charge in [-0.1, -0.05) is 6.58 Å². The molecule has 0 unspecified atom stereocenters. The number of nitrogens with zero attached hydrogens (tertiary/aromatic N) is 7. The summed E-state index contributed by atoms with van der Waals surface area (Å²) < 4.78 is 9.70. The van der Waals surface area contributed by atoms with Crippen molar-refractivity contribution >= 4 is 28.6 Å². The number of aromatic nitrogens is 6. The van der Waals surface area contributed by atoms with Gasteiger partial charge in [0.05, 0.1) is 0 Å². The van der Waals surface area contributed by atoms with Crippen molar-refractivity contribution in [1.29, 1.82) is 0 Å². The molecule has 38 heavy (non-hydrogen) atoms. The Morgan fingerprint density at radius 1 is 1.08 bits per heavy atom. The van der Waals surface area contributed by atoms with Gasteiger partial charge in [-0.25, -0.2) is 19.0 Å². The fourth-order valence-electron chi connectivity index (χ4n) is 6.06. The predicted molar refractivity (Wildman–Crippen MR) is 142 cm³/mol. The normalized spacial score (nSPS) is 20.3. The number of ether oxygens (including phenoxy) is 1. The Bertz CT molecular complexity index is 1710. The zero-order valence-electron chi connectivity index (χ0n) is 20.9. The van der Waals surface area contributed by atoms with Crippen LogP contribution in [0.2, 0.25) is 0 Å². The minimum Gasteiger partial charge on any atom is -0.457 e. The monoisotopic (exact) mass is 506 g/mol. The van der Waals surface area contributed by atoms with Gasteiger partial charge in [-0.3, -0.25) is 4.79 Å². The molecule has 0 radical (unpaired) electrons. The smallest absolute Gasteiger partial charge is 0.246 e. The Hall–Kier alpha value is -4.73. The fraction of sp³-hybridized carbons (Fsp3) is 0.250. The highest BCUT2D eigenvalue weighted by Crippen LogP contribution is 2.49. The summed E-state index contributed by atoms with van der Waals surface area (Å²) in [5.41, 5.74) is 4.83. The molecule has 1 N–H and O–H groups in total. The molecule has 190 valence electrons. The maximum Gasteiger partial charge on any atom is 0.246 e. The summed E-state index contributed by atoms with van der Waals surface area (Å²) in [4.78, 5) is 23.0. The fourth-order valence-corrected chi connectivity index (χ4v) is 6.06. The highest BCUT2D eigenvalue weighted by molar-refractivity contribution is 5.87. The van der Waals surface area contributed by atoms with Crippen LogP contribution < -0.4 is 10.1 Å². The number of aryl methyl sites for hydroxylation is 1. The molecule has 3 atom stereocenters. The second kappa shape index (κ2) is 8.69. The van der Waals surface area contributed by atoms with Gasteiger partial charge < -0.3 is 15.0 Å². The molecule has 2 aliphatic rings. The van der Waals surface area contributed by atoms with E-state index in [9.17, 15) is 4.79 Å². The van der Waals surface area contributed by atoms with Crippen molar-refractivity contribution < 1.29 is 9.53 Å². The summed E-state index contributed by atoms with van der Waals surface area (Å²) in [5, 5.41) is 12.1. The molecule has 5 heterocycles. The first-order valence-corrected chi connectivity index (χ1v) is 12.7. The lowest BCUT2D eigenvalue weighted by atomic mass is 9.88. The van der Waals surface area contributed by atoms with Crippen molar-refractivity contribution in [2.24, 2.45) is 5.92 Å². The van der Waals surface area contributed by atoms with Crippen molar-refractivity contribution in [2.75, 3.05) is 11.9 Å². The minimum absolute atomic E-state index is 0.0326. The third kappa shape index (κ3) is 3.68. The van der Waals surface area contributed by atoms with Crippen LogP contribution in [0, 0.1) is 12.8 Å². The van der Waals surface area contributed by atoms with Crippen LogP contribution in [0.4, 0.5) is 11.5 Å². The molecule has 0 spiro atoms. The molecule has 7 rings (SSSR count). The van der Waals surface area contributed by atoms with E-state index in [4.69, 9.17) is 4.74 Å². The lowest BCUT2D eigenvalue weighted by molar-refractivity contribution is -0.127. The number of piperidine rings is 1. The standard InChI is InChI=1S/C28H26N8O2/c1-3-26(37)34-14-18-11-20(34)12-23(18)22-7-9-36-27(22)28(30-16-32-36)33-19-4-5-24(17(2)10-19)38-21-6-8-35-25(13-21)29-15-31-35/h3-10,13,15-16,18,20,23H,1,11-12,14H2,2H3,(H,30,32,33)/t18-,20-,23-/m1/s1. The molecule has 10 heteroatoms. The number of anilines is 2. The molecule has 1 aliphatic heterocycles. The number of benzene rings is 1. The number of nitrogens with one attached hydrogen (secondary N) is 1. The van der Waals surface area contributed by atoms with Crippen molar-refractivity contribution in [1.82, 2.24) is 34.1 Å². The van der Waals surface area contributed by atoms with E-state index in [1.165, 1.54) is 18.0 Å². The number of likely N-dealkylation sites (tertiary alicyclic amines) is 1. The van der Waals surface area contributed by atoms with E-state index in [2.05, 4.69) is 38.1 Å². The summed E-state index contributed by atoms with van der Waals surface area (Å²) in [6.45, 7) is 6.45. The van der Waals surface area contributed by atoms with Gasteiger partial charge >= 0.3 is 0 Å². The Morgan fingerprint density at radius 2 is 1.92 bits per heavy atom. The molecular weight excluding hydrogens is 480 g/mol. The van der Waals surface area contributed by atoms with E-state index in [1.54, 1.807) is 10.8 Å². The second-order valence-electron chi connectivity index (χ2n) is 9.99. The van der Waals surface area contributed by atoms with Gasteiger partial charge in [0.2, 0.25) is 5.91 Å². The highest BCUT2D eigenvalue weighted by atomic mass is 16.5. The Balaban J connectivity index is 1.14. The molecule has 4 aromatic heterocycles. The Kier molecular flexibility index (Phi) is 5.14. The lowest BCUT2D eigenvalue weighted by Gasteiger charge is -2.31. The zero-order valence-corrected chi connectivity index (χ0v) is 20.9. The minimum atomic E-state index is 0.0326. The van der Waals surface area contributed by atoms with Crippen molar-refractivity contribution in [3.63, 3.8) is 0 Å². The molecular formula is C28H26N8O2. The van der Waals surface area contributed by atoms with Crippen LogP contribution in [0.1, 0.15) is 29.9 Å². The molecule has 2 fully saturated rings. The van der Waals surface area contributed by atoms with E-state index in [0.717, 1.165) is 53.4 Å². The van der Waals surface area contributed by atoms with Crippen molar-refractivity contribution in [3.8, 4) is 11.5 Å². The molecule has 10 nitrogen and oxygen atoms in total. The first-order valence-electron chi connectivity index (χ1n) is 12.7. The van der Waals surface area contributed by atoms with Crippen LogP contribution in [-0.4, -0.2) is 52.6 Å².